The van der Waals surface area contributed by atoms with Crippen LogP contribution in [-0.2, 0) is 6.54 Å². The van der Waals surface area contributed by atoms with E-state index >= 15 is 0 Å². The predicted octanol–water partition coefficient (Wildman–Crippen LogP) is 3.85. The van der Waals surface area contributed by atoms with Crippen molar-refractivity contribution < 1.29 is 14.3 Å². The number of amides is 1. The molecule has 1 amide bonds. The molecule has 3 rings (SSSR count). The maximum atomic E-state index is 12.3. The van der Waals surface area contributed by atoms with E-state index in [1.165, 1.54) is 30.0 Å². The third-order valence-electron chi connectivity index (χ3n) is 4.00. The highest BCUT2D eigenvalue weighted by atomic mass is 32.2. The molecule has 0 spiro atoms. The third kappa shape index (κ3) is 4.44. The molecule has 0 bridgehead atoms. The molecule has 146 valence electrons. The van der Waals surface area contributed by atoms with Crippen molar-refractivity contribution in [3.8, 4) is 5.75 Å². The Morgan fingerprint density at radius 2 is 2.14 bits per heavy atom. The molecular weight excluding hydrogens is 396 g/mol. The van der Waals surface area contributed by atoms with Crippen LogP contribution in [-0.4, -0.2) is 28.8 Å². The van der Waals surface area contributed by atoms with E-state index in [-0.39, 0.29) is 11.7 Å². The van der Waals surface area contributed by atoms with Crippen molar-refractivity contribution >= 4 is 39.9 Å². The number of anilines is 1. The Morgan fingerprint density at radius 3 is 2.79 bits per heavy atom. The van der Waals surface area contributed by atoms with E-state index in [9.17, 15) is 9.59 Å². The Labute approximate surface area is 170 Å². The van der Waals surface area contributed by atoms with Crippen molar-refractivity contribution in [2.24, 2.45) is 5.73 Å². The molecule has 0 aliphatic carbocycles. The van der Waals surface area contributed by atoms with Gasteiger partial charge in [-0.2, -0.15) is 0 Å². The molecule has 1 aromatic carbocycles. The highest BCUT2D eigenvalue weighted by Crippen LogP contribution is 2.38. The first kappa shape index (κ1) is 20.1. The standard InChI is InChI=1S/C19H20N4O3S2/c1-10-6-15(26-3)13(11(2)24)7-16(10)27-17-9-21-19(28-17)23-18(25)14-5-4-12(8-20)22-14/h4-7,9,22H,8,20H2,1-3H3,(H,21,23,25). The van der Waals surface area contributed by atoms with Gasteiger partial charge in [0.05, 0.1) is 23.1 Å². The number of ether oxygens (including phenoxy) is 1. The SMILES string of the molecule is COc1cc(C)c(Sc2cnc(NC(=O)c3ccc(CN)[nH]3)s2)cc1C(C)=O. The van der Waals surface area contributed by atoms with Crippen LogP contribution < -0.4 is 15.8 Å². The molecule has 28 heavy (non-hydrogen) atoms. The molecule has 2 aromatic heterocycles. The first-order chi connectivity index (χ1) is 13.4. The average Bonchev–Trinajstić information content (AvgIpc) is 3.32. The number of ketones is 1. The molecule has 2 heterocycles. The Morgan fingerprint density at radius 1 is 1.36 bits per heavy atom. The van der Waals surface area contributed by atoms with E-state index in [0.717, 1.165) is 20.4 Å². The smallest absolute Gasteiger partial charge is 0.273 e. The van der Waals surface area contributed by atoms with Gasteiger partial charge in [0.1, 0.15) is 11.4 Å². The second-order valence-corrected chi connectivity index (χ2v) is 8.39. The molecule has 0 aliphatic heterocycles. The van der Waals surface area contributed by atoms with Gasteiger partial charge in [-0.25, -0.2) is 4.98 Å². The molecular formula is C19H20N4O3S2. The van der Waals surface area contributed by atoms with Crippen molar-refractivity contribution in [2.45, 2.75) is 29.5 Å². The van der Waals surface area contributed by atoms with Crippen LogP contribution in [0.5, 0.6) is 5.75 Å². The zero-order valence-corrected chi connectivity index (χ0v) is 17.3. The van der Waals surface area contributed by atoms with Crippen molar-refractivity contribution in [3.05, 3.63) is 53.0 Å². The predicted molar refractivity (Wildman–Crippen MR) is 111 cm³/mol. The number of rotatable bonds is 7. The number of Topliss-reactive ketones (excluding diaryl/α,β-unsaturated/α-hetero) is 1. The summed E-state index contributed by atoms with van der Waals surface area (Å²) in [5.74, 6) is 0.234. The number of carbonyl (C=O) groups is 2. The highest BCUT2D eigenvalue weighted by Gasteiger charge is 2.15. The number of hydrogen-bond donors (Lipinski definition) is 3. The fourth-order valence-corrected chi connectivity index (χ4v) is 4.48. The van der Waals surface area contributed by atoms with Crippen LogP contribution in [0.1, 0.15) is 39.0 Å². The van der Waals surface area contributed by atoms with Crippen molar-refractivity contribution in [3.63, 3.8) is 0 Å². The van der Waals surface area contributed by atoms with Gasteiger partial charge in [-0.3, -0.25) is 14.9 Å². The van der Waals surface area contributed by atoms with E-state index in [1.807, 2.05) is 19.1 Å². The zero-order chi connectivity index (χ0) is 20.3. The van der Waals surface area contributed by atoms with E-state index < -0.39 is 0 Å². The molecule has 0 radical (unpaired) electrons. The van der Waals surface area contributed by atoms with E-state index in [2.05, 4.69) is 15.3 Å². The summed E-state index contributed by atoms with van der Waals surface area (Å²) in [7, 11) is 1.55. The lowest BCUT2D eigenvalue weighted by atomic mass is 10.1. The van der Waals surface area contributed by atoms with Gasteiger partial charge in [0.25, 0.3) is 5.91 Å². The van der Waals surface area contributed by atoms with Crippen LogP contribution in [0.25, 0.3) is 0 Å². The lowest BCUT2D eigenvalue weighted by molar-refractivity contribution is 0.100. The summed E-state index contributed by atoms with van der Waals surface area (Å²) in [5.41, 5.74) is 8.30. The summed E-state index contributed by atoms with van der Waals surface area (Å²) in [4.78, 5) is 32.3. The third-order valence-corrected chi connectivity index (χ3v) is 6.18. The van der Waals surface area contributed by atoms with Crippen molar-refractivity contribution in [2.75, 3.05) is 12.4 Å². The second kappa shape index (κ2) is 8.59. The minimum absolute atomic E-state index is 0.0567. The van der Waals surface area contributed by atoms with Gasteiger partial charge in [-0.05, 0) is 43.7 Å². The molecule has 0 saturated heterocycles. The van der Waals surface area contributed by atoms with Crippen LogP contribution in [0.4, 0.5) is 5.13 Å². The van der Waals surface area contributed by atoms with E-state index in [0.29, 0.717) is 28.7 Å². The van der Waals surface area contributed by atoms with Crippen LogP contribution in [0.15, 0.2) is 39.6 Å². The average molecular weight is 417 g/mol. The summed E-state index contributed by atoms with van der Waals surface area (Å²) in [5, 5.41) is 3.27. The Balaban J connectivity index is 1.75. The number of thiazole rings is 1. The van der Waals surface area contributed by atoms with Crippen LogP contribution in [0.2, 0.25) is 0 Å². The lowest BCUT2D eigenvalue weighted by Gasteiger charge is -2.11. The summed E-state index contributed by atoms with van der Waals surface area (Å²) >= 11 is 2.85. The number of aromatic nitrogens is 2. The first-order valence-electron chi connectivity index (χ1n) is 8.43. The number of hydrogen-bond acceptors (Lipinski definition) is 7. The number of aryl methyl sites for hydroxylation is 1. The van der Waals surface area contributed by atoms with Gasteiger partial charge >= 0.3 is 0 Å². The molecule has 7 nitrogen and oxygen atoms in total. The second-order valence-electron chi connectivity index (χ2n) is 6.02. The van der Waals surface area contributed by atoms with Crippen molar-refractivity contribution in [1.29, 1.82) is 0 Å². The van der Waals surface area contributed by atoms with Gasteiger partial charge < -0.3 is 15.5 Å². The molecule has 3 aromatic rings. The molecule has 0 aliphatic rings. The number of carbonyl (C=O) groups excluding carboxylic acids is 2. The zero-order valence-electron chi connectivity index (χ0n) is 15.7. The van der Waals surface area contributed by atoms with Crippen LogP contribution in [0.3, 0.4) is 0 Å². The summed E-state index contributed by atoms with van der Waals surface area (Å²) < 4.78 is 6.19. The highest BCUT2D eigenvalue weighted by molar-refractivity contribution is 8.01. The number of H-pyrrole nitrogens is 1. The first-order valence-corrected chi connectivity index (χ1v) is 10.1. The fourth-order valence-electron chi connectivity index (χ4n) is 2.54. The number of benzene rings is 1. The topological polar surface area (TPSA) is 110 Å². The van der Waals surface area contributed by atoms with Gasteiger partial charge in [-0.1, -0.05) is 23.1 Å². The number of nitrogens with one attached hydrogen (secondary N) is 2. The van der Waals surface area contributed by atoms with Crippen LogP contribution in [0, 0.1) is 6.92 Å². The van der Waals surface area contributed by atoms with E-state index in [1.54, 1.807) is 25.4 Å². The number of methoxy groups -OCH3 is 1. The summed E-state index contributed by atoms with van der Waals surface area (Å²) in [6.07, 6.45) is 1.70. The van der Waals surface area contributed by atoms with Crippen molar-refractivity contribution in [1.82, 2.24) is 9.97 Å². The number of aromatic amines is 1. The van der Waals surface area contributed by atoms with Gasteiger partial charge in [0.15, 0.2) is 10.9 Å². The quantitative estimate of drug-likeness (QED) is 0.505. The van der Waals surface area contributed by atoms with Gasteiger partial charge in [0.2, 0.25) is 0 Å². The molecule has 0 atom stereocenters. The molecule has 0 unspecified atom stereocenters. The Hall–Kier alpha value is -2.62. The number of nitrogens with zero attached hydrogens (tertiary/aromatic N) is 1. The molecule has 0 saturated carbocycles. The maximum absolute atomic E-state index is 12.3. The summed E-state index contributed by atoms with van der Waals surface area (Å²) in [6, 6.07) is 7.14. The minimum atomic E-state index is -0.273. The van der Waals surface area contributed by atoms with E-state index in [4.69, 9.17) is 10.5 Å². The normalized spacial score (nSPS) is 10.7. The Kier molecular flexibility index (Phi) is 6.18. The monoisotopic (exact) mass is 416 g/mol. The molecule has 0 fully saturated rings. The molecule has 9 heteroatoms. The van der Waals surface area contributed by atoms with Gasteiger partial charge in [-0.15, -0.1) is 0 Å². The number of nitrogens with two attached hydrogens (primary N) is 1. The maximum Gasteiger partial charge on any atom is 0.273 e. The summed E-state index contributed by atoms with van der Waals surface area (Å²) in [6.45, 7) is 3.81. The lowest BCUT2D eigenvalue weighted by Crippen LogP contribution is -2.12. The minimum Gasteiger partial charge on any atom is -0.496 e. The molecule has 4 N–H and O–H groups in total. The largest absolute Gasteiger partial charge is 0.496 e. The Bertz CT molecular complexity index is 1030. The van der Waals surface area contributed by atoms with Crippen LogP contribution >= 0.6 is 23.1 Å². The fraction of sp³-hybridized carbons (Fsp3) is 0.211. The van der Waals surface area contributed by atoms with Gasteiger partial charge in [0, 0.05) is 17.1 Å².